The van der Waals surface area contributed by atoms with Crippen molar-refractivity contribution in [1.29, 1.82) is 0 Å². The van der Waals surface area contributed by atoms with Crippen LogP contribution < -0.4 is 0 Å². The fraction of sp³-hybridized carbons (Fsp3) is 0.902. The predicted molar refractivity (Wildman–Crippen MR) is 225 cm³/mol. The second-order valence-corrected chi connectivity index (χ2v) is 17.9. The number of carbonyl (C=O) groups is 4. The second-order valence-electron chi connectivity index (χ2n) is 15.0. The molecule has 0 aromatic rings. The molecule has 0 rings (SSSR count). The lowest BCUT2D eigenvalue weighted by atomic mass is 10.1. The van der Waals surface area contributed by atoms with E-state index >= 15 is 0 Å². The third-order valence-electron chi connectivity index (χ3n) is 9.10. The fourth-order valence-electron chi connectivity index (χ4n) is 5.57. The quantitative estimate of drug-likeness (QED) is 0.0224. The zero-order valence-corrected chi connectivity index (χ0v) is 38.7. The van der Waals surface area contributed by atoms with E-state index in [0.717, 1.165) is 103 Å². The highest BCUT2D eigenvalue weighted by atomic mass is 31.2. The van der Waals surface area contributed by atoms with Crippen molar-refractivity contribution in [3.8, 4) is 0 Å². The highest BCUT2D eigenvalue weighted by Gasteiger charge is 2.30. The van der Waals surface area contributed by atoms with Gasteiger partial charge in [0, 0.05) is 25.7 Å². The molecular formula is C41H78O17P2. The Labute approximate surface area is 358 Å². The SMILES string of the molecule is CCCCCCCC(=O)OC[C@H](COP(=O)(O)OCC(O)COP(=O)(O)OC[C@@H](COC(=O)CCCCCCC)OC(=O)CCCCCCC)OC(=O)CCCCCCC. The van der Waals surface area contributed by atoms with E-state index in [2.05, 4.69) is 27.7 Å². The molecule has 0 saturated heterocycles. The van der Waals surface area contributed by atoms with Crippen molar-refractivity contribution in [2.24, 2.45) is 0 Å². The largest absolute Gasteiger partial charge is 0.472 e. The van der Waals surface area contributed by atoms with Crippen molar-refractivity contribution in [3.63, 3.8) is 0 Å². The molecule has 354 valence electrons. The summed E-state index contributed by atoms with van der Waals surface area (Å²) in [6, 6.07) is 0. The predicted octanol–water partition coefficient (Wildman–Crippen LogP) is 8.97. The number of aliphatic hydroxyl groups excluding tert-OH is 1. The number of hydrogen-bond donors (Lipinski definition) is 3. The molecule has 0 spiro atoms. The molecule has 2 unspecified atom stereocenters. The van der Waals surface area contributed by atoms with E-state index in [1.54, 1.807) is 0 Å². The van der Waals surface area contributed by atoms with Gasteiger partial charge in [0.2, 0.25) is 0 Å². The maximum atomic E-state index is 12.6. The van der Waals surface area contributed by atoms with Gasteiger partial charge in [0.25, 0.3) is 0 Å². The number of hydrogen-bond acceptors (Lipinski definition) is 15. The standard InChI is InChI=1S/C41H78O17P2/c1-5-9-13-17-21-25-38(43)51-31-36(57-40(45)27-23-19-15-11-7-3)33-55-59(47,48)53-29-35(42)30-54-60(49,50)56-34-37(58-41(46)28-24-20-16-12-8-4)32-52-39(44)26-22-18-14-10-6-2/h35-37,42H,5-34H2,1-4H3,(H,47,48)(H,49,50)/t36-,37-/m1/s1. The summed E-state index contributed by atoms with van der Waals surface area (Å²) in [7, 11) is -9.80. The number of esters is 4. The molecule has 4 atom stereocenters. The Bertz CT molecular complexity index is 1130. The second kappa shape index (κ2) is 37.6. The third-order valence-corrected chi connectivity index (χ3v) is 11.0. The monoisotopic (exact) mass is 904 g/mol. The average molecular weight is 905 g/mol. The van der Waals surface area contributed by atoms with Crippen LogP contribution in [0.25, 0.3) is 0 Å². The smallest absolute Gasteiger partial charge is 0.462 e. The molecule has 0 fully saturated rings. The number of carbonyl (C=O) groups excluding carboxylic acids is 4. The number of aliphatic hydroxyl groups is 1. The van der Waals surface area contributed by atoms with E-state index in [1.165, 1.54) is 0 Å². The Balaban J connectivity index is 5.10. The van der Waals surface area contributed by atoms with Gasteiger partial charge in [0.05, 0.1) is 26.4 Å². The molecule has 0 heterocycles. The Morgan fingerprint density at radius 1 is 0.400 bits per heavy atom. The summed E-state index contributed by atoms with van der Waals surface area (Å²) >= 11 is 0. The minimum absolute atomic E-state index is 0.0984. The lowest BCUT2D eigenvalue weighted by Crippen LogP contribution is -2.30. The minimum Gasteiger partial charge on any atom is -0.462 e. The highest BCUT2D eigenvalue weighted by Crippen LogP contribution is 2.45. The van der Waals surface area contributed by atoms with Crippen molar-refractivity contribution >= 4 is 39.5 Å². The number of phosphoric acid groups is 2. The molecule has 0 aliphatic carbocycles. The summed E-state index contributed by atoms with van der Waals surface area (Å²) in [6.07, 6.45) is 14.5. The van der Waals surface area contributed by atoms with Crippen LogP contribution in [-0.4, -0.2) is 96.7 Å². The molecule has 17 nitrogen and oxygen atoms in total. The third kappa shape index (κ3) is 36.7. The minimum atomic E-state index is -4.90. The molecule has 0 aliphatic rings. The molecule has 19 heteroatoms. The van der Waals surface area contributed by atoms with Gasteiger partial charge < -0.3 is 33.8 Å². The van der Waals surface area contributed by atoms with Crippen LogP contribution in [0.4, 0.5) is 0 Å². The Kier molecular flexibility index (Phi) is 36.4. The Hall–Kier alpha value is -1.94. The lowest BCUT2D eigenvalue weighted by Gasteiger charge is -2.21. The summed E-state index contributed by atoms with van der Waals surface area (Å²) < 4.78 is 66.1. The number of rotatable bonds is 42. The van der Waals surface area contributed by atoms with Gasteiger partial charge in [-0.15, -0.1) is 0 Å². The molecular weight excluding hydrogens is 826 g/mol. The molecule has 60 heavy (non-hydrogen) atoms. The highest BCUT2D eigenvalue weighted by molar-refractivity contribution is 7.47. The summed E-state index contributed by atoms with van der Waals surface area (Å²) in [5.74, 6) is -2.21. The summed E-state index contributed by atoms with van der Waals surface area (Å²) in [5.41, 5.74) is 0. The van der Waals surface area contributed by atoms with E-state index in [9.17, 15) is 43.2 Å². The van der Waals surface area contributed by atoms with Crippen LogP contribution in [0.2, 0.25) is 0 Å². The molecule has 0 amide bonds. The van der Waals surface area contributed by atoms with Gasteiger partial charge in [-0.2, -0.15) is 0 Å². The van der Waals surface area contributed by atoms with Gasteiger partial charge in [0.1, 0.15) is 19.3 Å². The first-order chi connectivity index (χ1) is 28.7. The van der Waals surface area contributed by atoms with E-state index in [1.807, 2.05) is 0 Å². The summed E-state index contributed by atoms with van der Waals surface area (Å²) in [5, 5.41) is 10.3. The zero-order valence-electron chi connectivity index (χ0n) is 36.9. The van der Waals surface area contributed by atoms with Crippen LogP contribution in [0.15, 0.2) is 0 Å². The summed E-state index contributed by atoms with van der Waals surface area (Å²) in [6.45, 7) is 4.34. The first kappa shape index (κ1) is 58.1. The molecule has 0 saturated carbocycles. The maximum Gasteiger partial charge on any atom is 0.472 e. The van der Waals surface area contributed by atoms with Crippen LogP contribution in [0.3, 0.4) is 0 Å². The first-order valence-electron chi connectivity index (χ1n) is 22.3. The Morgan fingerprint density at radius 2 is 0.667 bits per heavy atom. The molecule has 0 aromatic heterocycles. The van der Waals surface area contributed by atoms with Gasteiger partial charge >= 0.3 is 39.5 Å². The van der Waals surface area contributed by atoms with Crippen LogP contribution in [0.5, 0.6) is 0 Å². The van der Waals surface area contributed by atoms with Crippen molar-refractivity contribution in [3.05, 3.63) is 0 Å². The van der Waals surface area contributed by atoms with E-state index < -0.39 is 97.5 Å². The topological polar surface area (TPSA) is 237 Å². The number of ether oxygens (including phenoxy) is 4. The fourth-order valence-corrected chi connectivity index (χ4v) is 7.15. The Morgan fingerprint density at radius 3 is 0.967 bits per heavy atom. The van der Waals surface area contributed by atoms with Gasteiger partial charge in [-0.1, -0.05) is 130 Å². The van der Waals surface area contributed by atoms with Crippen molar-refractivity contribution in [2.75, 3.05) is 39.6 Å². The van der Waals surface area contributed by atoms with Crippen molar-refractivity contribution in [2.45, 2.75) is 200 Å². The van der Waals surface area contributed by atoms with E-state index in [4.69, 9.17) is 37.0 Å². The molecule has 0 radical (unpaired) electrons. The van der Waals surface area contributed by atoms with Crippen LogP contribution >= 0.6 is 15.6 Å². The van der Waals surface area contributed by atoms with Gasteiger partial charge in [-0.3, -0.25) is 37.3 Å². The van der Waals surface area contributed by atoms with Crippen LogP contribution in [0.1, 0.15) is 182 Å². The molecule has 3 N–H and O–H groups in total. The van der Waals surface area contributed by atoms with Crippen molar-refractivity contribution in [1.82, 2.24) is 0 Å². The molecule has 0 aromatic carbocycles. The van der Waals surface area contributed by atoms with E-state index in [-0.39, 0.29) is 25.7 Å². The van der Waals surface area contributed by atoms with Crippen molar-refractivity contribution < 1.29 is 80.2 Å². The van der Waals surface area contributed by atoms with Gasteiger partial charge in [0.15, 0.2) is 12.2 Å². The van der Waals surface area contributed by atoms with Crippen LogP contribution in [-0.2, 0) is 65.4 Å². The lowest BCUT2D eigenvalue weighted by molar-refractivity contribution is -0.161. The van der Waals surface area contributed by atoms with Gasteiger partial charge in [-0.05, 0) is 25.7 Å². The molecule has 0 bridgehead atoms. The van der Waals surface area contributed by atoms with Gasteiger partial charge in [-0.25, -0.2) is 9.13 Å². The zero-order chi connectivity index (χ0) is 44.9. The first-order valence-corrected chi connectivity index (χ1v) is 25.3. The van der Waals surface area contributed by atoms with E-state index in [0.29, 0.717) is 25.7 Å². The normalized spacial score (nSPS) is 15.0. The maximum absolute atomic E-state index is 12.6. The number of unbranched alkanes of at least 4 members (excludes halogenated alkanes) is 16. The van der Waals surface area contributed by atoms with Crippen LogP contribution in [0, 0.1) is 0 Å². The average Bonchev–Trinajstić information content (AvgIpc) is 3.21. The number of phosphoric ester groups is 2. The summed E-state index contributed by atoms with van der Waals surface area (Å²) in [4.78, 5) is 70.0. The molecule has 0 aliphatic heterocycles.